The summed E-state index contributed by atoms with van der Waals surface area (Å²) in [5.74, 6) is -3.78. The quantitative estimate of drug-likeness (QED) is 0.0766. The van der Waals surface area contributed by atoms with E-state index in [0.29, 0.717) is 16.5 Å². The maximum absolute atomic E-state index is 13.9. The Bertz CT molecular complexity index is 1980. The van der Waals surface area contributed by atoms with Gasteiger partial charge in [0.05, 0.1) is 22.4 Å². The molecule has 2 amide bonds. The van der Waals surface area contributed by atoms with Crippen LogP contribution in [0, 0.1) is 0 Å². The largest absolute Gasteiger partial charge is 0.480 e. The summed E-state index contributed by atoms with van der Waals surface area (Å²) in [4.78, 5) is 65.0. The van der Waals surface area contributed by atoms with Gasteiger partial charge in [0.1, 0.15) is 17.7 Å². The van der Waals surface area contributed by atoms with Gasteiger partial charge in [-0.15, -0.1) is 11.8 Å². The number of thioether (sulfide) groups is 1. The van der Waals surface area contributed by atoms with Crippen LogP contribution in [0.3, 0.4) is 0 Å². The van der Waals surface area contributed by atoms with Gasteiger partial charge in [-0.25, -0.2) is 9.59 Å². The van der Waals surface area contributed by atoms with E-state index >= 15 is 0 Å². The van der Waals surface area contributed by atoms with E-state index in [1.165, 1.54) is 18.0 Å². The van der Waals surface area contributed by atoms with E-state index < -0.39 is 58.7 Å². The molecule has 0 aliphatic carbocycles. The van der Waals surface area contributed by atoms with Crippen LogP contribution in [-0.4, -0.2) is 68.1 Å². The van der Waals surface area contributed by atoms with E-state index in [-0.39, 0.29) is 12.2 Å². The molecule has 0 saturated heterocycles. The van der Waals surface area contributed by atoms with E-state index in [1.807, 2.05) is 91.0 Å². The van der Waals surface area contributed by atoms with Crippen molar-refractivity contribution < 1.29 is 38.9 Å². The standard InChI is InChI=1S/C41H41N3O8S/c1-40(2,3)52-36(46)24-32(37(47)43-33(38(48)49)23-27-25-44(39(50)51)34-22-14-13-21-31(27)34)42-35(45)26-53-41(28-15-7-4-8-16-28,29-17-9-5-10-18-29)30-19-11-6-12-20-30/h4-22,25,32-33H,23-24,26H2,1-3H3,(H,42,45)(H,43,47)(H,48,49)(H,50,51). The molecule has 12 heteroatoms. The van der Waals surface area contributed by atoms with Crippen LogP contribution in [0.15, 0.2) is 121 Å². The van der Waals surface area contributed by atoms with Gasteiger partial charge in [-0.1, -0.05) is 109 Å². The topological polar surface area (TPSA) is 164 Å². The number of amides is 2. The number of esters is 1. The van der Waals surface area contributed by atoms with E-state index in [2.05, 4.69) is 10.6 Å². The summed E-state index contributed by atoms with van der Waals surface area (Å²) < 4.78 is 5.60. The highest BCUT2D eigenvalue weighted by Gasteiger charge is 2.38. The minimum absolute atomic E-state index is 0.145. The Balaban J connectivity index is 1.42. The Kier molecular flexibility index (Phi) is 12.0. The molecule has 0 aliphatic heterocycles. The lowest BCUT2D eigenvalue weighted by Gasteiger charge is -2.35. The zero-order valence-corrected chi connectivity index (χ0v) is 30.3. The average molecular weight is 736 g/mol. The molecule has 11 nitrogen and oxygen atoms in total. The number of rotatable bonds is 14. The molecule has 2 unspecified atom stereocenters. The van der Waals surface area contributed by atoms with Crippen molar-refractivity contribution in [2.45, 2.75) is 56.0 Å². The number of carbonyl (C=O) groups excluding carboxylic acids is 3. The third-order valence-electron chi connectivity index (χ3n) is 8.44. The van der Waals surface area contributed by atoms with E-state index in [9.17, 15) is 34.2 Å². The summed E-state index contributed by atoms with van der Waals surface area (Å²) in [5, 5.41) is 25.5. The van der Waals surface area contributed by atoms with Crippen molar-refractivity contribution in [2.75, 3.05) is 5.75 Å². The van der Waals surface area contributed by atoms with Crippen LogP contribution >= 0.6 is 11.8 Å². The Morgan fingerprint density at radius 2 is 1.23 bits per heavy atom. The molecule has 4 N–H and O–H groups in total. The van der Waals surface area contributed by atoms with Crippen molar-refractivity contribution in [2.24, 2.45) is 0 Å². The first-order valence-electron chi connectivity index (χ1n) is 17.0. The number of carboxylic acid groups (broad SMARTS) is 2. The maximum atomic E-state index is 13.9. The van der Waals surface area contributed by atoms with Gasteiger partial charge >= 0.3 is 18.0 Å². The number of carbonyl (C=O) groups is 5. The number of aromatic nitrogens is 1. The second-order valence-corrected chi connectivity index (χ2v) is 14.6. The average Bonchev–Trinajstić information content (AvgIpc) is 3.50. The van der Waals surface area contributed by atoms with Crippen molar-refractivity contribution in [1.29, 1.82) is 0 Å². The highest BCUT2D eigenvalue weighted by Crippen LogP contribution is 2.48. The molecule has 1 heterocycles. The maximum Gasteiger partial charge on any atom is 0.416 e. The smallest absolute Gasteiger partial charge is 0.416 e. The molecule has 4 aromatic carbocycles. The summed E-state index contributed by atoms with van der Waals surface area (Å²) in [7, 11) is 0. The fourth-order valence-electron chi connectivity index (χ4n) is 6.20. The number of nitrogens with zero attached hydrogens (tertiary/aromatic N) is 1. The number of hydrogen-bond donors (Lipinski definition) is 4. The first kappa shape index (κ1) is 38.4. The highest BCUT2D eigenvalue weighted by molar-refractivity contribution is 8.01. The summed E-state index contributed by atoms with van der Waals surface area (Å²) in [6, 6.07) is 32.8. The molecular weight excluding hydrogens is 695 g/mol. The molecule has 0 fully saturated rings. The predicted molar refractivity (Wildman–Crippen MR) is 203 cm³/mol. The van der Waals surface area contributed by atoms with Gasteiger partial charge in [-0.3, -0.25) is 19.0 Å². The molecule has 0 aliphatic rings. The molecule has 5 aromatic rings. The first-order valence-corrected chi connectivity index (χ1v) is 17.9. The number of fused-ring (bicyclic) bond motifs is 1. The fraction of sp³-hybridized carbons (Fsp3) is 0.244. The Morgan fingerprint density at radius 1 is 0.717 bits per heavy atom. The van der Waals surface area contributed by atoms with Crippen LogP contribution < -0.4 is 10.6 Å². The number of benzene rings is 4. The van der Waals surface area contributed by atoms with Gasteiger partial charge < -0.3 is 25.6 Å². The fourth-order valence-corrected chi connectivity index (χ4v) is 7.54. The zero-order chi connectivity index (χ0) is 38.2. The number of carboxylic acids is 1. The Hall–Kier alpha value is -5.88. The third kappa shape index (κ3) is 9.32. The van der Waals surface area contributed by atoms with E-state index in [1.54, 1.807) is 45.0 Å². The minimum atomic E-state index is -1.52. The molecule has 274 valence electrons. The predicted octanol–water partition coefficient (Wildman–Crippen LogP) is 6.22. The van der Waals surface area contributed by atoms with Crippen LogP contribution in [0.25, 0.3) is 10.9 Å². The molecule has 0 radical (unpaired) electrons. The zero-order valence-electron chi connectivity index (χ0n) is 29.5. The number of para-hydroxylation sites is 1. The summed E-state index contributed by atoms with van der Waals surface area (Å²) in [6.07, 6.45) is -0.772. The van der Waals surface area contributed by atoms with Crippen LogP contribution in [0.4, 0.5) is 4.79 Å². The molecule has 2 atom stereocenters. The van der Waals surface area contributed by atoms with Gasteiger partial charge in [0, 0.05) is 18.0 Å². The van der Waals surface area contributed by atoms with Crippen LogP contribution in [-0.2, 0) is 35.1 Å². The van der Waals surface area contributed by atoms with Crippen LogP contribution in [0.1, 0.15) is 49.4 Å². The van der Waals surface area contributed by atoms with Crippen molar-refractivity contribution in [1.82, 2.24) is 15.2 Å². The normalized spacial score (nSPS) is 12.7. The van der Waals surface area contributed by atoms with Gasteiger partial charge in [0.25, 0.3) is 0 Å². The van der Waals surface area contributed by atoms with Gasteiger partial charge in [-0.2, -0.15) is 0 Å². The summed E-state index contributed by atoms with van der Waals surface area (Å²) >= 11 is 1.34. The number of hydrogen-bond acceptors (Lipinski definition) is 7. The van der Waals surface area contributed by atoms with E-state index in [4.69, 9.17) is 4.74 Å². The van der Waals surface area contributed by atoms with Crippen LogP contribution in [0.5, 0.6) is 0 Å². The van der Waals surface area contributed by atoms with Gasteiger partial charge in [0.15, 0.2) is 0 Å². The van der Waals surface area contributed by atoms with Crippen LogP contribution in [0.2, 0.25) is 0 Å². The molecule has 0 bridgehead atoms. The second-order valence-electron chi connectivity index (χ2n) is 13.4. The Morgan fingerprint density at radius 3 is 1.72 bits per heavy atom. The first-order chi connectivity index (χ1) is 25.3. The van der Waals surface area contributed by atoms with Crippen molar-refractivity contribution >= 4 is 52.5 Å². The molecule has 0 spiro atoms. The van der Waals surface area contributed by atoms with Crippen molar-refractivity contribution in [3.8, 4) is 0 Å². The molecule has 5 rings (SSSR count). The number of nitrogens with one attached hydrogen (secondary N) is 2. The van der Waals surface area contributed by atoms with Gasteiger partial charge in [-0.05, 0) is 49.1 Å². The third-order valence-corrected chi connectivity index (χ3v) is 9.99. The number of ether oxygens (including phenoxy) is 1. The lowest BCUT2D eigenvalue weighted by atomic mass is 9.84. The van der Waals surface area contributed by atoms with Gasteiger partial charge in [0.2, 0.25) is 11.8 Å². The van der Waals surface area contributed by atoms with E-state index in [0.717, 1.165) is 21.3 Å². The lowest BCUT2D eigenvalue weighted by Crippen LogP contribution is -2.53. The van der Waals surface area contributed by atoms with Crippen molar-refractivity contribution in [3.63, 3.8) is 0 Å². The molecule has 0 saturated carbocycles. The highest BCUT2D eigenvalue weighted by atomic mass is 32.2. The lowest BCUT2D eigenvalue weighted by molar-refractivity contribution is -0.156. The Labute approximate surface area is 311 Å². The minimum Gasteiger partial charge on any atom is -0.480 e. The monoisotopic (exact) mass is 735 g/mol. The molecule has 1 aromatic heterocycles. The SMILES string of the molecule is CC(C)(C)OC(=O)CC(NC(=O)CSC(c1ccccc1)(c1ccccc1)c1ccccc1)C(=O)NC(Cc1cn(C(=O)O)c2ccccc12)C(=O)O. The second kappa shape index (κ2) is 16.6. The van der Waals surface area contributed by atoms with Crippen molar-refractivity contribution in [3.05, 3.63) is 144 Å². The summed E-state index contributed by atoms with van der Waals surface area (Å²) in [6.45, 7) is 5.00. The molecular formula is C41H41N3O8S. The molecule has 53 heavy (non-hydrogen) atoms. The number of aliphatic carboxylic acids is 1. The summed E-state index contributed by atoms with van der Waals surface area (Å²) in [5.41, 5.74) is 2.61.